The van der Waals surface area contributed by atoms with Crippen LogP contribution in [0.5, 0.6) is 0 Å². The molecule has 1 aromatic heterocycles. The number of anilines is 2. The third-order valence-electron chi connectivity index (χ3n) is 2.59. The first kappa shape index (κ1) is 14.4. The van der Waals surface area contributed by atoms with Crippen LogP contribution < -0.4 is 11.1 Å². The first-order chi connectivity index (χ1) is 9.06. The first-order valence-electron chi connectivity index (χ1n) is 5.65. The van der Waals surface area contributed by atoms with Gasteiger partial charge in [-0.15, -0.1) is 0 Å². The number of nitrogen functional groups attached to an aromatic ring is 1. The summed E-state index contributed by atoms with van der Waals surface area (Å²) in [5.74, 6) is 0.674. The minimum absolute atomic E-state index is 0.608. The molecule has 0 aliphatic heterocycles. The van der Waals surface area contributed by atoms with Gasteiger partial charge in [0.25, 0.3) is 0 Å². The van der Waals surface area contributed by atoms with Crippen molar-refractivity contribution >= 4 is 50.6 Å². The van der Waals surface area contributed by atoms with Crippen LogP contribution in [-0.2, 0) is 6.42 Å². The Hall–Kier alpha value is -0.970. The molecule has 1 heterocycles. The Kier molecular flexibility index (Phi) is 4.91. The molecular weight excluding hydrogens is 349 g/mol. The fourth-order valence-corrected chi connectivity index (χ4v) is 2.49. The van der Waals surface area contributed by atoms with E-state index in [1.807, 2.05) is 18.2 Å². The molecule has 3 N–H and O–H groups in total. The number of hydrogen-bond acceptors (Lipinski definition) is 3. The second kappa shape index (κ2) is 6.46. The van der Waals surface area contributed by atoms with Gasteiger partial charge in [-0.1, -0.05) is 29.3 Å². The Labute approximate surface area is 130 Å². The fourth-order valence-electron chi connectivity index (χ4n) is 1.64. The van der Waals surface area contributed by atoms with Crippen molar-refractivity contribution < 1.29 is 0 Å². The molecule has 0 radical (unpaired) electrons. The Morgan fingerprint density at radius 2 is 2.05 bits per heavy atom. The normalized spacial score (nSPS) is 10.5. The Bertz CT molecular complexity index is 539. The van der Waals surface area contributed by atoms with Crippen LogP contribution in [0.25, 0.3) is 0 Å². The average Bonchev–Trinajstić information content (AvgIpc) is 2.34. The molecule has 2 aromatic rings. The lowest BCUT2D eigenvalue weighted by Crippen LogP contribution is -2.08. The smallest absolute Gasteiger partial charge is 0.149 e. The number of benzene rings is 1. The van der Waals surface area contributed by atoms with Crippen molar-refractivity contribution in [1.82, 2.24) is 4.98 Å². The zero-order chi connectivity index (χ0) is 13.8. The molecule has 0 saturated carbocycles. The number of nitrogens with one attached hydrogen (secondary N) is 1. The summed E-state index contributed by atoms with van der Waals surface area (Å²) in [6, 6.07) is 7.30. The highest BCUT2D eigenvalue weighted by Gasteiger charge is 2.03. The van der Waals surface area contributed by atoms with Crippen molar-refractivity contribution in [1.29, 1.82) is 0 Å². The molecule has 2 rings (SSSR count). The Morgan fingerprint density at radius 1 is 1.26 bits per heavy atom. The first-order valence-corrected chi connectivity index (χ1v) is 7.20. The standard InChI is InChI=1S/C13H12BrCl2N3/c14-9-5-12(17)13(19-7-9)18-4-3-8-1-2-10(15)6-11(8)16/h1-2,5-7H,3-4,17H2,(H,18,19). The molecule has 0 amide bonds. The molecular formula is C13H12BrCl2N3. The topological polar surface area (TPSA) is 50.9 Å². The van der Waals surface area contributed by atoms with Crippen molar-refractivity contribution in [2.45, 2.75) is 6.42 Å². The van der Waals surface area contributed by atoms with Gasteiger partial charge in [0, 0.05) is 27.3 Å². The summed E-state index contributed by atoms with van der Waals surface area (Å²) >= 11 is 15.3. The number of halogens is 3. The number of pyridine rings is 1. The van der Waals surface area contributed by atoms with Crippen molar-refractivity contribution in [3.8, 4) is 0 Å². The Balaban J connectivity index is 1.96. The van der Waals surface area contributed by atoms with E-state index >= 15 is 0 Å². The quantitative estimate of drug-likeness (QED) is 0.850. The van der Waals surface area contributed by atoms with Gasteiger partial charge in [-0.2, -0.15) is 0 Å². The zero-order valence-corrected chi connectivity index (χ0v) is 13.1. The maximum atomic E-state index is 6.10. The van der Waals surface area contributed by atoms with Crippen LogP contribution in [0.3, 0.4) is 0 Å². The second-order valence-electron chi connectivity index (χ2n) is 4.00. The molecule has 1 aromatic carbocycles. The van der Waals surface area contributed by atoms with E-state index < -0.39 is 0 Å². The van der Waals surface area contributed by atoms with Gasteiger partial charge in [0.15, 0.2) is 0 Å². The highest BCUT2D eigenvalue weighted by Crippen LogP contribution is 2.22. The van der Waals surface area contributed by atoms with E-state index in [2.05, 4.69) is 26.2 Å². The van der Waals surface area contributed by atoms with Crippen LogP contribution in [-0.4, -0.2) is 11.5 Å². The molecule has 0 spiro atoms. The third kappa shape index (κ3) is 4.00. The molecule has 3 nitrogen and oxygen atoms in total. The summed E-state index contributed by atoms with van der Waals surface area (Å²) in [5, 5.41) is 4.49. The zero-order valence-electron chi connectivity index (χ0n) is 9.96. The van der Waals surface area contributed by atoms with E-state index in [0.29, 0.717) is 28.1 Å². The molecule has 6 heteroatoms. The summed E-state index contributed by atoms with van der Waals surface area (Å²) in [7, 11) is 0. The summed E-state index contributed by atoms with van der Waals surface area (Å²) < 4.78 is 0.858. The van der Waals surface area contributed by atoms with Gasteiger partial charge in [-0.3, -0.25) is 0 Å². The van der Waals surface area contributed by atoms with Gasteiger partial charge in [-0.05, 0) is 46.1 Å². The monoisotopic (exact) mass is 359 g/mol. The minimum atomic E-state index is 0.608. The van der Waals surface area contributed by atoms with Crippen molar-refractivity contribution in [3.05, 3.63) is 50.5 Å². The number of nitrogens with zero attached hydrogens (tertiary/aromatic N) is 1. The van der Waals surface area contributed by atoms with Crippen LogP contribution >= 0.6 is 39.1 Å². The molecule has 0 fully saturated rings. The molecule has 100 valence electrons. The predicted molar refractivity (Wildman–Crippen MR) is 85.0 cm³/mol. The van der Waals surface area contributed by atoms with Crippen LogP contribution in [0, 0.1) is 0 Å². The molecule has 0 atom stereocenters. The number of rotatable bonds is 4. The summed E-state index contributed by atoms with van der Waals surface area (Å²) in [6.07, 6.45) is 2.47. The SMILES string of the molecule is Nc1cc(Br)cnc1NCCc1ccc(Cl)cc1Cl. The lowest BCUT2D eigenvalue weighted by Gasteiger charge is -2.09. The minimum Gasteiger partial charge on any atom is -0.396 e. The van der Waals surface area contributed by atoms with Gasteiger partial charge in [0.1, 0.15) is 5.82 Å². The van der Waals surface area contributed by atoms with Gasteiger partial charge in [0.2, 0.25) is 0 Å². The number of nitrogens with two attached hydrogens (primary N) is 1. The maximum absolute atomic E-state index is 6.10. The number of hydrogen-bond donors (Lipinski definition) is 2. The van der Waals surface area contributed by atoms with E-state index in [9.17, 15) is 0 Å². The molecule has 0 bridgehead atoms. The lowest BCUT2D eigenvalue weighted by molar-refractivity contribution is 1.01. The summed E-state index contributed by atoms with van der Waals surface area (Å²) in [4.78, 5) is 4.21. The average molecular weight is 361 g/mol. The Morgan fingerprint density at radius 3 is 2.74 bits per heavy atom. The van der Waals surface area contributed by atoms with E-state index in [0.717, 1.165) is 16.5 Å². The molecule has 0 aliphatic carbocycles. The maximum Gasteiger partial charge on any atom is 0.149 e. The molecule has 19 heavy (non-hydrogen) atoms. The van der Waals surface area contributed by atoms with Crippen LogP contribution in [0.1, 0.15) is 5.56 Å². The van der Waals surface area contributed by atoms with E-state index in [4.69, 9.17) is 28.9 Å². The van der Waals surface area contributed by atoms with Gasteiger partial charge in [0.05, 0.1) is 5.69 Å². The van der Waals surface area contributed by atoms with E-state index in [1.165, 1.54) is 0 Å². The van der Waals surface area contributed by atoms with Gasteiger partial charge >= 0.3 is 0 Å². The van der Waals surface area contributed by atoms with Crippen LogP contribution in [0.15, 0.2) is 34.9 Å². The predicted octanol–water partition coefficient (Wildman–Crippen LogP) is 4.39. The van der Waals surface area contributed by atoms with Crippen molar-refractivity contribution in [2.75, 3.05) is 17.6 Å². The summed E-state index contributed by atoms with van der Waals surface area (Å²) in [5.41, 5.74) is 7.50. The summed E-state index contributed by atoms with van der Waals surface area (Å²) in [6.45, 7) is 0.695. The largest absolute Gasteiger partial charge is 0.396 e. The molecule has 0 aliphatic rings. The second-order valence-corrected chi connectivity index (χ2v) is 5.76. The van der Waals surface area contributed by atoms with Crippen molar-refractivity contribution in [3.63, 3.8) is 0 Å². The fraction of sp³-hybridized carbons (Fsp3) is 0.154. The molecule has 0 saturated heterocycles. The van der Waals surface area contributed by atoms with Crippen molar-refractivity contribution in [2.24, 2.45) is 0 Å². The van der Waals surface area contributed by atoms with Crippen LogP contribution in [0.2, 0.25) is 10.0 Å². The van der Waals surface area contributed by atoms with Gasteiger partial charge in [-0.25, -0.2) is 4.98 Å². The van der Waals surface area contributed by atoms with E-state index in [-0.39, 0.29) is 0 Å². The highest BCUT2D eigenvalue weighted by molar-refractivity contribution is 9.10. The number of aromatic nitrogens is 1. The van der Waals surface area contributed by atoms with Crippen LogP contribution in [0.4, 0.5) is 11.5 Å². The van der Waals surface area contributed by atoms with E-state index in [1.54, 1.807) is 12.3 Å². The lowest BCUT2D eigenvalue weighted by atomic mass is 10.1. The van der Waals surface area contributed by atoms with Gasteiger partial charge < -0.3 is 11.1 Å². The molecule has 0 unspecified atom stereocenters. The highest BCUT2D eigenvalue weighted by atomic mass is 79.9. The third-order valence-corrected chi connectivity index (χ3v) is 3.61.